The molecule has 0 aromatic rings. The average molecular weight is 357 g/mol. The number of hydrogen-bond acceptors (Lipinski definition) is 3. The molecule has 0 saturated heterocycles. The number of allylic oxidation sites excluding steroid dienone is 1. The molecule has 3 fully saturated rings. The Balaban J connectivity index is 1.68. The standard InChI is InChI=1S/C23H32O3/c1-5-23(26-15(2)24)13-10-20-18-7-6-16-14-17(25)8-11-21(16,3)19(18)9-12-22(20,23)4/h5,14,18-20H,1,6-13H2,2-4H3/t18-,19-,20-,21+,22+,23+/m1/s1. The van der Waals surface area contributed by atoms with Gasteiger partial charge in [0.2, 0.25) is 0 Å². The Bertz CT molecular complexity index is 692. The predicted octanol–water partition coefficient (Wildman–Crippen LogP) is 5.01. The Labute approximate surface area is 157 Å². The first-order valence-electron chi connectivity index (χ1n) is 10.3. The second kappa shape index (κ2) is 5.81. The van der Waals surface area contributed by atoms with Crippen LogP contribution in [0.15, 0.2) is 24.3 Å². The Morgan fingerprint density at radius 1 is 1.15 bits per heavy atom. The quantitative estimate of drug-likeness (QED) is 0.516. The fraction of sp³-hybridized carbons (Fsp3) is 0.739. The highest BCUT2D eigenvalue weighted by molar-refractivity contribution is 5.91. The largest absolute Gasteiger partial charge is 0.454 e. The molecule has 0 N–H and O–H groups in total. The van der Waals surface area contributed by atoms with Crippen LogP contribution in [0.1, 0.15) is 72.1 Å². The van der Waals surface area contributed by atoms with Crippen LogP contribution < -0.4 is 0 Å². The number of carbonyl (C=O) groups excluding carboxylic acids is 2. The molecular weight excluding hydrogens is 324 g/mol. The van der Waals surface area contributed by atoms with E-state index in [-0.39, 0.29) is 16.8 Å². The highest BCUT2D eigenvalue weighted by Crippen LogP contribution is 2.68. The minimum Gasteiger partial charge on any atom is -0.454 e. The summed E-state index contributed by atoms with van der Waals surface area (Å²) in [6.45, 7) is 10.3. The first kappa shape index (κ1) is 18.0. The van der Waals surface area contributed by atoms with E-state index in [1.807, 2.05) is 12.2 Å². The third-order valence-corrected chi connectivity index (χ3v) is 8.80. The molecule has 4 rings (SSSR count). The van der Waals surface area contributed by atoms with Crippen molar-refractivity contribution in [2.75, 3.05) is 0 Å². The Morgan fingerprint density at radius 3 is 2.58 bits per heavy atom. The van der Waals surface area contributed by atoms with E-state index in [9.17, 15) is 9.59 Å². The molecular formula is C23H32O3. The molecule has 0 amide bonds. The van der Waals surface area contributed by atoms with Crippen LogP contribution in [0.4, 0.5) is 0 Å². The SMILES string of the molecule is C=C[C@]1(OC(C)=O)CC[C@@H]2[C@@H]3CCC4=CC(=O)CC[C@]4(C)[C@@H]3CC[C@@]21C. The van der Waals surface area contributed by atoms with E-state index in [4.69, 9.17) is 4.74 Å². The van der Waals surface area contributed by atoms with Crippen molar-refractivity contribution in [3.05, 3.63) is 24.3 Å². The maximum atomic E-state index is 11.9. The van der Waals surface area contributed by atoms with Crippen LogP contribution in [0.25, 0.3) is 0 Å². The van der Waals surface area contributed by atoms with E-state index in [2.05, 4.69) is 20.4 Å². The minimum atomic E-state index is -0.506. The lowest BCUT2D eigenvalue weighted by Gasteiger charge is -2.59. The summed E-state index contributed by atoms with van der Waals surface area (Å²) in [7, 11) is 0. The van der Waals surface area contributed by atoms with Crippen molar-refractivity contribution in [3.63, 3.8) is 0 Å². The maximum absolute atomic E-state index is 11.9. The van der Waals surface area contributed by atoms with Gasteiger partial charge in [0.1, 0.15) is 5.60 Å². The second-order valence-corrected chi connectivity index (χ2v) is 9.65. The Hall–Kier alpha value is -1.38. The summed E-state index contributed by atoms with van der Waals surface area (Å²) in [5, 5.41) is 0. The third kappa shape index (κ3) is 2.25. The first-order valence-corrected chi connectivity index (χ1v) is 10.3. The van der Waals surface area contributed by atoms with E-state index in [1.165, 1.54) is 18.9 Å². The molecule has 142 valence electrons. The summed E-state index contributed by atoms with van der Waals surface area (Å²) < 4.78 is 5.93. The Morgan fingerprint density at radius 2 is 1.88 bits per heavy atom. The second-order valence-electron chi connectivity index (χ2n) is 9.65. The fourth-order valence-corrected chi connectivity index (χ4v) is 7.39. The van der Waals surface area contributed by atoms with Crippen LogP contribution in [0.3, 0.4) is 0 Å². The number of fused-ring (bicyclic) bond motifs is 5. The first-order chi connectivity index (χ1) is 12.3. The number of hydrogen-bond donors (Lipinski definition) is 0. The highest BCUT2D eigenvalue weighted by Gasteiger charge is 2.64. The van der Waals surface area contributed by atoms with Gasteiger partial charge >= 0.3 is 5.97 Å². The molecule has 0 aromatic heterocycles. The van der Waals surface area contributed by atoms with E-state index in [0.717, 1.165) is 38.5 Å². The molecule has 3 saturated carbocycles. The average Bonchev–Trinajstić information content (AvgIpc) is 2.88. The molecule has 0 radical (unpaired) electrons. The van der Waals surface area contributed by atoms with Crippen molar-refractivity contribution in [1.82, 2.24) is 0 Å². The van der Waals surface area contributed by atoms with Crippen LogP contribution in [-0.4, -0.2) is 17.4 Å². The van der Waals surface area contributed by atoms with Crippen LogP contribution >= 0.6 is 0 Å². The zero-order valence-electron chi connectivity index (χ0n) is 16.5. The Kier molecular flexibility index (Phi) is 4.02. The van der Waals surface area contributed by atoms with E-state index >= 15 is 0 Å². The molecule has 3 heteroatoms. The summed E-state index contributed by atoms with van der Waals surface area (Å²) in [5.41, 5.74) is 1.09. The summed E-state index contributed by atoms with van der Waals surface area (Å²) >= 11 is 0. The zero-order chi connectivity index (χ0) is 18.7. The van der Waals surface area contributed by atoms with Crippen molar-refractivity contribution in [2.45, 2.75) is 77.7 Å². The molecule has 0 spiro atoms. The summed E-state index contributed by atoms with van der Waals surface area (Å²) in [6, 6.07) is 0. The predicted molar refractivity (Wildman–Crippen MR) is 101 cm³/mol. The summed E-state index contributed by atoms with van der Waals surface area (Å²) in [6.07, 6.45) is 12.1. The lowest BCUT2D eigenvalue weighted by molar-refractivity contribution is -0.171. The fourth-order valence-electron chi connectivity index (χ4n) is 7.39. The van der Waals surface area contributed by atoms with E-state index in [0.29, 0.717) is 30.0 Å². The molecule has 0 bridgehead atoms. The number of rotatable bonds is 2. The van der Waals surface area contributed by atoms with Gasteiger partial charge in [-0.15, -0.1) is 0 Å². The summed E-state index contributed by atoms with van der Waals surface area (Å²) in [4.78, 5) is 23.8. The van der Waals surface area contributed by atoms with Crippen molar-refractivity contribution >= 4 is 11.8 Å². The highest BCUT2D eigenvalue weighted by atomic mass is 16.6. The molecule has 0 aliphatic heterocycles. The lowest BCUT2D eigenvalue weighted by atomic mass is 9.46. The normalized spacial score (nSPS) is 47.3. The maximum Gasteiger partial charge on any atom is 0.303 e. The smallest absolute Gasteiger partial charge is 0.303 e. The summed E-state index contributed by atoms with van der Waals surface area (Å²) in [5.74, 6) is 2.03. The molecule has 3 nitrogen and oxygen atoms in total. The van der Waals surface area contributed by atoms with Gasteiger partial charge in [-0.05, 0) is 80.3 Å². The monoisotopic (exact) mass is 356 g/mol. The molecule has 4 aliphatic carbocycles. The molecule has 0 unspecified atom stereocenters. The van der Waals surface area contributed by atoms with E-state index in [1.54, 1.807) is 0 Å². The van der Waals surface area contributed by atoms with E-state index < -0.39 is 5.60 Å². The van der Waals surface area contributed by atoms with Gasteiger partial charge in [-0.2, -0.15) is 0 Å². The molecule has 0 heterocycles. The number of ketones is 1. The topological polar surface area (TPSA) is 43.4 Å². The molecule has 0 aromatic carbocycles. The number of carbonyl (C=O) groups is 2. The lowest BCUT2D eigenvalue weighted by Crippen LogP contribution is -2.55. The van der Waals surface area contributed by atoms with Gasteiger partial charge in [0.15, 0.2) is 5.78 Å². The van der Waals surface area contributed by atoms with Gasteiger partial charge in [-0.3, -0.25) is 9.59 Å². The van der Waals surface area contributed by atoms with Crippen LogP contribution in [0.2, 0.25) is 0 Å². The minimum absolute atomic E-state index is 0.0103. The molecule has 6 atom stereocenters. The van der Waals surface area contributed by atoms with Crippen molar-refractivity contribution in [2.24, 2.45) is 28.6 Å². The van der Waals surface area contributed by atoms with Crippen LogP contribution in [0, 0.1) is 28.6 Å². The van der Waals surface area contributed by atoms with Gasteiger partial charge in [-0.25, -0.2) is 0 Å². The third-order valence-electron chi connectivity index (χ3n) is 8.80. The van der Waals surface area contributed by atoms with Gasteiger partial charge in [0, 0.05) is 18.8 Å². The van der Waals surface area contributed by atoms with Crippen molar-refractivity contribution in [1.29, 1.82) is 0 Å². The molecule has 4 aliphatic rings. The van der Waals surface area contributed by atoms with Crippen molar-refractivity contribution < 1.29 is 14.3 Å². The van der Waals surface area contributed by atoms with Gasteiger partial charge in [0.25, 0.3) is 0 Å². The zero-order valence-corrected chi connectivity index (χ0v) is 16.5. The number of esters is 1. The van der Waals surface area contributed by atoms with Crippen LogP contribution in [-0.2, 0) is 14.3 Å². The van der Waals surface area contributed by atoms with Crippen molar-refractivity contribution in [3.8, 4) is 0 Å². The molecule has 26 heavy (non-hydrogen) atoms. The number of ether oxygens (including phenoxy) is 1. The van der Waals surface area contributed by atoms with Crippen LogP contribution in [0.5, 0.6) is 0 Å². The van der Waals surface area contributed by atoms with Gasteiger partial charge in [0.05, 0.1) is 0 Å². The van der Waals surface area contributed by atoms with Gasteiger partial charge < -0.3 is 4.74 Å². The van der Waals surface area contributed by atoms with Gasteiger partial charge in [-0.1, -0.05) is 26.0 Å².